The van der Waals surface area contributed by atoms with Gasteiger partial charge in [-0.1, -0.05) is 0 Å². The average molecular weight is 292 g/mol. The fraction of sp³-hybridized carbons (Fsp3) is 0.700. The number of nitrogen functional groups attached to an aromatic ring is 1. The Kier molecular flexibility index (Phi) is 4.42. The van der Waals surface area contributed by atoms with Crippen LogP contribution in [0, 0.1) is 0 Å². The zero-order valence-corrected chi connectivity index (χ0v) is 10.7. The smallest absolute Gasteiger partial charge is 0.392 e. The number of hydrazine groups is 1. The van der Waals surface area contributed by atoms with E-state index < -0.39 is 19.2 Å². The minimum absolute atomic E-state index is 0.0592. The van der Waals surface area contributed by atoms with Crippen molar-refractivity contribution in [2.75, 3.05) is 30.0 Å². The number of rotatable bonds is 5. The third-order valence-electron chi connectivity index (χ3n) is 2.74. The van der Waals surface area contributed by atoms with Gasteiger partial charge in [0.2, 0.25) is 11.9 Å². The molecule has 1 aromatic heterocycles. The maximum Gasteiger partial charge on any atom is 0.392 e. The fourth-order valence-electron chi connectivity index (χ4n) is 1.79. The number of nitrogens with one attached hydrogen (secondary N) is 1. The van der Waals surface area contributed by atoms with Gasteiger partial charge in [-0.25, -0.2) is 5.84 Å². The van der Waals surface area contributed by atoms with E-state index in [1.165, 1.54) is 0 Å². The lowest BCUT2D eigenvalue weighted by Gasteiger charge is -2.16. The number of ether oxygens (including phenoxy) is 1. The summed E-state index contributed by atoms with van der Waals surface area (Å²) in [5.74, 6) is 5.64. The minimum Gasteiger partial charge on any atom is -0.463 e. The van der Waals surface area contributed by atoms with E-state index in [-0.39, 0.29) is 12.0 Å². The standard InChI is InChI=1S/C10H15F3N6O/c11-10(12,13)3-6-20-9-16-7(18-14)15-8(17-9)19-4-1-2-5-19/h1-6,14H2,(H,15,16,17,18). The molecule has 0 aliphatic carbocycles. The van der Waals surface area contributed by atoms with E-state index in [0.29, 0.717) is 5.95 Å². The molecule has 2 heterocycles. The molecular weight excluding hydrogens is 277 g/mol. The molecular formula is C10H15F3N6O. The van der Waals surface area contributed by atoms with Crippen LogP contribution in [0.1, 0.15) is 19.3 Å². The molecule has 3 N–H and O–H groups in total. The van der Waals surface area contributed by atoms with Gasteiger partial charge < -0.3 is 9.64 Å². The number of hydrogen-bond acceptors (Lipinski definition) is 7. The van der Waals surface area contributed by atoms with Crippen molar-refractivity contribution < 1.29 is 17.9 Å². The van der Waals surface area contributed by atoms with Crippen LogP contribution in [0.5, 0.6) is 6.01 Å². The van der Waals surface area contributed by atoms with Gasteiger partial charge in [-0.15, -0.1) is 0 Å². The van der Waals surface area contributed by atoms with Gasteiger partial charge in [0.25, 0.3) is 0 Å². The Bertz CT molecular complexity index is 449. The van der Waals surface area contributed by atoms with Gasteiger partial charge in [-0.3, -0.25) is 5.43 Å². The average Bonchev–Trinajstić information content (AvgIpc) is 2.90. The van der Waals surface area contributed by atoms with Gasteiger partial charge in [0.15, 0.2) is 0 Å². The lowest BCUT2D eigenvalue weighted by molar-refractivity contribution is -0.139. The van der Waals surface area contributed by atoms with Crippen molar-refractivity contribution in [3.63, 3.8) is 0 Å². The number of halogens is 3. The first-order valence-electron chi connectivity index (χ1n) is 6.15. The highest BCUT2D eigenvalue weighted by Crippen LogP contribution is 2.21. The molecule has 2 rings (SSSR count). The molecule has 0 aromatic carbocycles. The van der Waals surface area contributed by atoms with Crippen molar-refractivity contribution in [2.45, 2.75) is 25.4 Å². The Labute approximate surface area is 113 Å². The van der Waals surface area contributed by atoms with Crippen LogP contribution in [-0.2, 0) is 0 Å². The zero-order valence-electron chi connectivity index (χ0n) is 10.7. The van der Waals surface area contributed by atoms with Gasteiger partial charge in [0.05, 0.1) is 6.42 Å². The first-order valence-corrected chi connectivity index (χ1v) is 6.15. The zero-order chi connectivity index (χ0) is 14.6. The van der Waals surface area contributed by atoms with Gasteiger partial charge >= 0.3 is 12.2 Å². The third-order valence-corrected chi connectivity index (χ3v) is 2.74. The molecule has 1 aromatic rings. The summed E-state index contributed by atoms with van der Waals surface area (Å²) in [6.07, 6.45) is -3.31. The van der Waals surface area contributed by atoms with Crippen LogP contribution in [0.15, 0.2) is 0 Å². The lowest BCUT2D eigenvalue weighted by atomic mass is 10.4. The van der Waals surface area contributed by atoms with E-state index >= 15 is 0 Å². The Hall–Kier alpha value is -1.84. The molecule has 1 fully saturated rings. The molecule has 0 amide bonds. The van der Waals surface area contributed by atoms with Crippen molar-refractivity contribution in [1.29, 1.82) is 0 Å². The second kappa shape index (κ2) is 6.07. The van der Waals surface area contributed by atoms with Gasteiger partial charge in [0.1, 0.15) is 6.61 Å². The fourth-order valence-corrected chi connectivity index (χ4v) is 1.79. The van der Waals surface area contributed by atoms with Crippen LogP contribution >= 0.6 is 0 Å². The largest absolute Gasteiger partial charge is 0.463 e. The summed E-state index contributed by atoms with van der Waals surface area (Å²) in [6.45, 7) is 1.03. The molecule has 0 atom stereocenters. The Morgan fingerprint density at radius 3 is 2.50 bits per heavy atom. The molecule has 0 saturated carbocycles. The summed E-state index contributed by atoms with van der Waals surface area (Å²) < 4.78 is 41.1. The molecule has 0 spiro atoms. The van der Waals surface area contributed by atoms with Crippen molar-refractivity contribution in [3.8, 4) is 6.01 Å². The maximum atomic E-state index is 12.1. The highest BCUT2D eigenvalue weighted by atomic mass is 19.4. The number of alkyl halides is 3. The summed E-state index contributed by atoms with van der Waals surface area (Å²) in [6, 6.07) is -0.167. The van der Waals surface area contributed by atoms with Crippen LogP contribution in [-0.4, -0.2) is 40.8 Å². The summed E-state index contributed by atoms with van der Waals surface area (Å²) in [7, 11) is 0. The van der Waals surface area contributed by atoms with Crippen LogP contribution in [0.25, 0.3) is 0 Å². The van der Waals surface area contributed by atoms with Crippen molar-refractivity contribution in [1.82, 2.24) is 15.0 Å². The van der Waals surface area contributed by atoms with E-state index in [0.717, 1.165) is 25.9 Å². The molecule has 112 valence electrons. The van der Waals surface area contributed by atoms with E-state index in [2.05, 4.69) is 20.4 Å². The summed E-state index contributed by atoms with van der Waals surface area (Å²) in [5, 5.41) is 0. The molecule has 1 aliphatic heterocycles. The quantitative estimate of drug-likeness (QED) is 0.620. The maximum absolute atomic E-state index is 12.1. The van der Waals surface area contributed by atoms with Crippen LogP contribution in [0.4, 0.5) is 25.1 Å². The SMILES string of the molecule is NNc1nc(OCCC(F)(F)F)nc(N2CCCC2)n1. The predicted molar refractivity (Wildman–Crippen MR) is 65.3 cm³/mol. The number of anilines is 2. The topological polar surface area (TPSA) is 89.2 Å². The number of nitrogens with zero attached hydrogens (tertiary/aromatic N) is 4. The third kappa shape index (κ3) is 4.08. The van der Waals surface area contributed by atoms with Crippen molar-refractivity contribution >= 4 is 11.9 Å². The summed E-state index contributed by atoms with van der Waals surface area (Å²) in [4.78, 5) is 13.7. The second-order valence-electron chi connectivity index (χ2n) is 4.29. The number of aromatic nitrogens is 3. The molecule has 20 heavy (non-hydrogen) atoms. The van der Waals surface area contributed by atoms with Gasteiger partial charge in [-0.2, -0.15) is 28.1 Å². The summed E-state index contributed by atoms with van der Waals surface area (Å²) >= 11 is 0. The number of hydrogen-bond donors (Lipinski definition) is 2. The normalized spacial score (nSPS) is 15.5. The monoisotopic (exact) mass is 292 g/mol. The Morgan fingerprint density at radius 2 is 1.90 bits per heavy atom. The molecule has 1 saturated heterocycles. The molecule has 7 nitrogen and oxygen atoms in total. The highest BCUT2D eigenvalue weighted by molar-refractivity contribution is 5.38. The van der Waals surface area contributed by atoms with Crippen LogP contribution in [0.3, 0.4) is 0 Å². The van der Waals surface area contributed by atoms with Gasteiger partial charge in [0, 0.05) is 13.1 Å². The van der Waals surface area contributed by atoms with E-state index in [9.17, 15) is 13.2 Å². The second-order valence-corrected chi connectivity index (χ2v) is 4.29. The van der Waals surface area contributed by atoms with Crippen LogP contribution < -0.4 is 20.9 Å². The first-order chi connectivity index (χ1) is 9.48. The Morgan fingerprint density at radius 1 is 1.20 bits per heavy atom. The van der Waals surface area contributed by atoms with Crippen molar-refractivity contribution in [2.24, 2.45) is 5.84 Å². The first kappa shape index (κ1) is 14.6. The van der Waals surface area contributed by atoms with E-state index in [1.54, 1.807) is 0 Å². The molecule has 0 unspecified atom stereocenters. The molecule has 0 radical (unpaired) electrons. The number of nitrogens with two attached hydrogens (primary N) is 1. The Balaban J connectivity index is 2.05. The predicted octanol–water partition coefficient (Wildman–Crippen LogP) is 1.09. The lowest BCUT2D eigenvalue weighted by Crippen LogP contribution is -2.23. The van der Waals surface area contributed by atoms with Crippen molar-refractivity contribution in [3.05, 3.63) is 0 Å². The molecule has 1 aliphatic rings. The highest BCUT2D eigenvalue weighted by Gasteiger charge is 2.27. The van der Waals surface area contributed by atoms with E-state index in [4.69, 9.17) is 10.6 Å². The van der Waals surface area contributed by atoms with Crippen LogP contribution in [0.2, 0.25) is 0 Å². The summed E-state index contributed by atoms with van der Waals surface area (Å²) in [5.41, 5.74) is 2.25. The van der Waals surface area contributed by atoms with E-state index in [1.807, 2.05) is 4.90 Å². The minimum atomic E-state index is -4.28. The van der Waals surface area contributed by atoms with Gasteiger partial charge in [-0.05, 0) is 12.8 Å². The molecule has 10 heteroatoms. The molecule has 0 bridgehead atoms.